The van der Waals surface area contributed by atoms with Crippen molar-refractivity contribution in [3.8, 4) is 34.4 Å². The van der Waals surface area contributed by atoms with Crippen molar-refractivity contribution in [2.24, 2.45) is 0 Å². The first kappa shape index (κ1) is 15.9. The molecule has 0 aliphatic rings. The van der Waals surface area contributed by atoms with Crippen LogP contribution in [-0.2, 0) is 6.54 Å². The molecule has 0 saturated carbocycles. The van der Waals surface area contributed by atoms with E-state index in [2.05, 4.69) is 15.1 Å². The maximum Gasteiger partial charge on any atom is 0.220 e. The number of ether oxygens (including phenoxy) is 2. The first-order valence-electron chi connectivity index (χ1n) is 7.41. The van der Waals surface area contributed by atoms with Crippen LogP contribution in [0.3, 0.4) is 0 Å². The van der Waals surface area contributed by atoms with Gasteiger partial charge in [-0.25, -0.2) is 4.39 Å². The smallest absolute Gasteiger partial charge is 0.220 e. The van der Waals surface area contributed by atoms with Gasteiger partial charge in [-0.05, 0) is 12.1 Å². The summed E-state index contributed by atoms with van der Waals surface area (Å²) in [7, 11) is 3.08. The number of hydrogen-bond acceptors (Lipinski definition) is 5. The molecule has 24 heavy (non-hydrogen) atoms. The number of alkyl halides is 1. The van der Waals surface area contributed by atoms with Crippen LogP contribution in [-0.4, -0.2) is 40.6 Å². The highest BCUT2D eigenvalue weighted by Gasteiger charge is 2.10. The summed E-state index contributed by atoms with van der Waals surface area (Å²) in [5, 5.41) is 4.36. The fourth-order valence-corrected chi connectivity index (χ4v) is 2.29. The average Bonchev–Trinajstić information content (AvgIpc) is 3.10. The first-order chi connectivity index (χ1) is 11.7. The molecule has 0 aliphatic heterocycles. The van der Waals surface area contributed by atoms with E-state index < -0.39 is 6.67 Å². The molecule has 0 bridgehead atoms. The number of nitrogens with zero attached hydrogens (tertiary/aromatic N) is 4. The molecule has 0 atom stereocenters. The second-order valence-electron chi connectivity index (χ2n) is 5.01. The number of aromatic nitrogens is 4. The molecule has 3 aromatic rings. The van der Waals surface area contributed by atoms with Gasteiger partial charge in [0.15, 0.2) is 5.82 Å². The van der Waals surface area contributed by atoms with E-state index in [-0.39, 0.29) is 6.54 Å². The Morgan fingerprint density at radius 1 is 1.00 bits per heavy atom. The minimum atomic E-state index is -0.446. The molecule has 0 saturated heterocycles. The van der Waals surface area contributed by atoms with E-state index in [9.17, 15) is 4.39 Å². The van der Waals surface area contributed by atoms with Crippen molar-refractivity contribution in [2.45, 2.75) is 6.54 Å². The Morgan fingerprint density at radius 2 is 1.71 bits per heavy atom. The highest BCUT2D eigenvalue weighted by atomic mass is 19.1. The highest BCUT2D eigenvalue weighted by molar-refractivity contribution is 5.68. The van der Waals surface area contributed by atoms with E-state index in [0.717, 1.165) is 16.8 Å². The van der Waals surface area contributed by atoms with Crippen LogP contribution >= 0.6 is 0 Å². The summed E-state index contributed by atoms with van der Waals surface area (Å²) in [5.74, 6) is 1.35. The van der Waals surface area contributed by atoms with Gasteiger partial charge >= 0.3 is 0 Å². The Labute approximate surface area is 138 Å². The third-order valence-electron chi connectivity index (χ3n) is 3.47. The van der Waals surface area contributed by atoms with E-state index in [0.29, 0.717) is 17.6 Å². The summed E-state index contributed by atoms with van der Waals surface area (Å²) in [6, 6.07) is 11.1. The van der Waals surface area contributed by atoms with E-state index >= 15 is 0 Å². The molecule has 0 amide bonds. The zero-order valence-electron chi connectivity index (χ0n) is 13.4. The van der Waals surface area contributed by atoms with E-state index in [1.54, 1.807) is 31.2 Å². The topological polar surface area (TPSA) is 62.1 Å². The van der Waals surface area contributed by atoms with Crippen molar-refractivity contribution in [1.82, 2.24) is 19.7 Å². The van der Waals surface area contributed by atoms with Gasteiger partial charge in [0.25, 0.3) is 0 Å². The van der Waals surface area contributed by atoms with Crippen molar-refractivity contribution in [1.29, 1.82) is 0 Å². The lowest BCUT2D eigenvalue weighted by Gasteiger charge is -2.07. The molecule has 0 N–H and O–H groups in total. The molecule has 6 nitrogen and oxygen atoms in total. The molecule has 3 rings (SSSR count). The Morgan fingerprint density at radius 3 is 2.38 bits per heavy atom. The van der Waals surface area contributed by atoms with Crippen LogP contribution in [0.2, 0.25) is 0 Å². The molecular weight excluding hydrogens is 311 g/mol. The Kier molecular flexibility index (Phi) is 4.69. The highest BCUT2D eigenvalue weighted by Crippen LogP contribution is 2.26. The first-order valence-corrected chi connectivity index (χ1v) is 7.41. The standard InChI is InChI=1S/C17H17FN4O2/c1-23-15-11-16(24-2)20-17(19-15)13-5-3-4-12(10-13)14-6-8-22(21-14)9-7-18/h3-6,8,10-11H,7,9H2,1-2H3. The van der Waals surface area contributed by atoms with Crippen molar-refractivity contribution in [3.63, 3.8) is 0 Å². The van der Waals surface area contributed by atoms with Crippen LogP contribution in [0.15, 0.2) is 42.6 Å². The molecule has 0 fully saturated rings. The van der Waals surface area contributed by atoms with Crippen LogP contribution in [0.25, 0.3) is 22.6 Å². The lowest BCUT2D eigenvalue weighted by Crippen LogP contribution is -2.00. The van der Waals surface area contributed by atoms with E-state index in [1.807, 2.05) is 30.3 Å². The number of aryl methyl sites for hydroxylation is 1. The van der Waals surface area contributed by atoms with Gasteiger partial charge in [-0.1, -0.05) is 18.2 Å². The van der Waals surface area contributed by atoms with Gasteiger partial charge in [0, 0.05) is 17.3 Å². The summed E-state index contributed by atoms with van der Waals surface area (Å²) in [6.45, 7) is -0.200. The predicted molar refractivity (Wildman–Crippen MR) is 87.8 cm³/mol. The van der Waals surface area contributed by atoms with Gasteiger partial charge in [-0.15, -0.1) is 0 Å². The molecule has 0 radical (unpaired) electrons. The molecule has 0 aliphatic carbocycles. The lowest BCUT2D eigenvalue weighted by atomic mass is 10.1. The maximum atomic E-state index is 12.4. The third-order valence-corrected chi connectivity index (χ3v) is 3.47. The zero-order valence-corrected chi connectivity index (χ0v) is 13.4. The summed E-state index contributed by atoms with van der Waals surface area (Å²) in [5.41, 5.74) is 2.47. The molecule has 0 spiro atoms. The third kappa shape index (κ3) is 3.34. The monoisotopic (exact) mass is 328 g/mol. The van der Waals surface area contributed by atoms with Gasteiger partial charge in [-0.3, -0.25) is 4.68 Å². The molecule has 2 aromatic heterocycles. The second kappa shape index (κ2) is 7.08. The Hall–Kier alpha value is -2.96. The normalized spacial score (nSPS) is 10.6. The average molecular weight is 328 g/mol. The zero-order chi connectivity index (χ0) is 16.9. The number of hydrogen-bond donors (Lipinski definition) is 0. The summed E-state index contributed by atoms with van der Waals surface area (Å²) < 4.78 is 24.4. The van der Waals surface area contributed by atoms with Crippen molar-refractivity contribution in [3.05, 3.63) is 42.6 Å². The number of methoxy groups -OCH3 is 2. The van der Waals surface area contributed by atoms with Crippen LogP contribution in [0.1, 0.15) is 0 Å². The van der Waals surface area contributed by atoms with Gasteiger partial charge < -0.3 is 9.47 Å². The van der Waals surface area contributed by atoms with Crippen molar-refractivity contribution >= 4 is 0 Å². The molecular formula is C17H17FN4O2. The van der Waals surface area contributed by atoms with Crippen LogP contribution in [0, 0.1) is 0 Å². The fourth-order valence-electron chi connectivity index (χ4n) is 2.29. The SMILES string of the molecule is COc1cc(OC)nc(-c2cccc(-c3ccn(CCF)n3)c2)n1. The minimum absolute atomic E-state index is 0.246. The fraction of sp³-hybridized carbons (Fsp3) is 0.235. The second-order valence-corrected chi connectivity index (χ2v) is 5.01. The molecule has 2 heterocycles. The predicted octanol–water partition coefficient (Wildman–Crippen LogP) is 2.99. The van der Waals surface area contributed by atoms with E-state index in [4.69, 9.17) is 9.47 Å². The Balaban J connectivity index is 1.98. The van der Waals surface area contributed by atoms with Crippen LogP contribution in [0.4, 0.5) is 4.39 Å². The largest absolute Gasteiger partial charge is 0.481 e. The summed E-state index contributed by atoms with van der Waals surface area (Å²) in [6.07, 6.45) is 1.76. The van der Waals surface area contributed by atoms with Gasteiger partial charge in [0.05, 0.1) is 32.5 Å². The van der Waals surface area contributed by atoms with Gasteiger partial charge in [-0.2, -0.15) is 15.1 Å². The molecule has 124 valence electrons. The maximum absolute atomic E-state index is 12.4. The molecule has 1 aromatic carbocycles. The lowest BCUT2D eigenvalue weighted by molar-refractivity contribution is 0.372. The van der Waals surface area contributed by atoms with Crippen molar-refractivity contribution < 1.29 is 13.9 Å². The quantitative estimate of drug-likeness (QED) is 0.696. The van der Waals surface area contributed by atoms with Gasteiger partial charge in [0.1, 0.15) is 6.67 Å². The van der Waals surface area contributed by atoms with Crippen molar-refractivity contribution in [2.75, 3.05) is 20.9 Å². The molecule has 0 unspecified atom stereocenters. The summed E-state index contributed by atoms with van der Waals surface area (Å²) in [4.78, 5) is 8.70. The number of halogens is 1. The Bertz CT molecular complexity index is 813. The minimum Gasteiger partial charge on any atom is -0.481 e. The van der Waals surface area contributed by atoms with E-state index in [1.165, 1.54) is 0 Å². The van der Waals surface area contributed by atoms with Crippen LogP contribution in [0.5, 0.6) is 11.8 Å². The number of rotatable bonds is 6. The number of benzene rings is 1. The molecule has 7 heteroatoms. The van der Waals surface area contributed by atoms with Crippen LogP contribution < -0.4 is 9.47 Å². The van der Waals surface area contributed by atoms with Gasteiger partial charge in [0.2, 0.25) is 11.8 Å². The summed E-state index contributed by atoms with van der Waals surface area (Å²) >= 11 is 0.